The summed E-state index contributed by atoms with van der Waals surface area (Å²) in [5, 5.41) is 7.39. The van der Waals surface area contributed by atoms with E-state index in [2.05, 4.69) is 100 Å². The van der Waals surface area contributed by atoms with E-state index in [4.69, 9.17) is 5.10 Å². The number of hydrogen-bond donors (Lipinski definition) is 0. The van der Waals surface area contributed by atoms with Crippen molar-refractivity contribution < 1.29 is 0 Å². The van der Waals surface area contributed by atoms with Gasteiger partial charge in [-0.05, 0) is 79.7 Å². The molecule has 2 aliphatic heterocycles. The molecule has 3 nitrogen and oxygen atoms in total. The van der Waals surface area contributed by atoms with Crippen molar-refractivity contribution in [1.82, 2.24) is 9.91 Å². The normalized spacial score (nSPS) is 20.2. The topological polar surface area (TPSA) is 18.8 Å². The van der Waals surface area contributed by atoms with E-state index in [1.165, 1.54) is 26.7 Å². The molecule has 0 aliphatic carbocycles. The zero-order valence-corrected chi connectivity index (χ0v) is 18.5. The predicted molar refractivity (Wildman–Crippen MR) is 125 cm³/mol. The first-order valence-electron chi connectivity index (χ1n) is 9.95. The summed E-state index contributed by atoms with van der Waals surface area (Å²) in [5.74, 6) is 0. The molecule has 0 N–H and O–H groups in total. The van der Waals surface area contributed by atoms with Crippen LogP contribution in [0.15, 0.2) is 65.9 Å². The summed E-state index contributed by atoms with van der Waals surface area (Å²) in [6.07, 6.45) is 4.30. The van der Waals surface area contributed by atoms with E-state index in [0.717, 1.165) is 43.8 Å². The lowest BCUT2D eigenvalue weighted by Crippen LogP contribution is -2.35. The number of nitrogens with zero attached hydrogens (tertiary/aromatic N) is 3. The highest BCUT2D eigenvalue weighted by Gasteiger charge is 2.29. The van der Waals surface area contributed by atoms with Crippen LogP contribution in [0.3, 0.4) is 0 Å². The van der Waals surface area contributed by atoms with Crippen LogP contribution in [0.5, 0.6) is 0 Å². The molecule has 4 rings (SSSR count). The van der Waals surface area contributed by atoms with Crippen molar-refractivity contribution in [3.8, 4) is 0 Å². The number of rotatable bonds is 3. The largest absolute Gasteiger partial charge is 0.306 e. The van der Waals surface area contributed by atoms with Gasteiger partial charge in [-0.15, -0.1) is 5.73 Å². The molecule has 0 saturated carbocycles. The Kier molecular flexibility index (Phi) is 6.00. The van der Waals surface area contributed by atoms with Crippen molar-refractivity contribution in [2.24, 2.45) is 5.10 Å². The fraction of sp³-hybridized carbons (Fsp3) is 0.333. The quantitative estimate of drug-likeness (QED) is 0.444. The molecule has 0 spiro atoms. The molecule has 2 heterocycles. The highest BCUT2D eigenvalue weighted by atomic mass is 127. The van der Waals surface area contributed by atoms with Crippen molar-refractivity contribution >= 4 is 34.0 Å². The zero-order valence-electron chi connectivity index (χ0n) is 16.4. The molecule has 28 heavy (non-hydrogen) atoms. The number of fused-ring (bicyclic) bond motifs is 1. The third-order valence-electron chi connectivity index (χ3n) is 5.67. The molecule has 2 aromatic rings. The molecular weight excluding hydrogens is 457 g/mol. The predicted octanol–water partition coefficient (Wildman–Crippen LogP) is 5.16. The van der Waals surface area contributed by atoms with Crippen molar-refractivity contribution in [2.75, 3.05) is 20.1 Å². The molecule has 2 aliphatic rings. The summed E-state index contributed by atoms with van der Waals surface area (Å²) >= 11 is 2.35. The molecule has 1 unspecified atom stereocenters. The van der Waals surface area contributed by atoms with Crippen LogP contribution in [-0.4, -0.2) is 41.8 Å². The molecule has 0 radical (unpaired) electrons. The third kappa shape index (κ3) is 4.09. The van der Waals surface area contributed by atoms with Gasteiger partial charge in [0.25, 0.3) is 0 Å². The van der Waals surface area contributed by atoms with Gasteiger partial charge in [-0.3, -0.25) is 5.01 Å². The first-order chi connectivity index (χ1) is 13.7. The minimum Gasteiger partial charge on any atom is -0.306 e. The van der Waals surface area contributed by atoms with Gasteiger partial charge in [-0.1, -0.05) is 43.0 Å². The monoisotopic (exact) mass is 483 g/mol. The summed E-state index contributed by atoms with van der Waals surface area (Å²) in [5.41, 5.74) is 9.05. The highest BCUT2D eigenvalue weighted by molar-refractivity contribution is 14.1. The number of likely N-dealkylation sites (tertiary alicyclic amines) is 1. The second kappa shape index (κ2) is 8.64. The van der Waals surface area contributed by atoms with Crippen molar-refractivity contribution in [1.29, 1.82) is 0 Å². The Hall–Kier alpha value is -1.88. The molecule has 144 valence electrons. The SMILES string of the molecule is C=C=C1c2ccccc2C(Cc2ccc(I)cc2)=NN1C1CCCN(C)CC1. The van der Waals surface area contributed by atoms with Crippen LogP contribution in [0.2, 0.25) is 0 Å². The number of halogens is 1. The molecular formula is C24H26IN3. The average Bonchev–Trinajstić information content (AvgIpc) is 2.94. The highest BCUT2D eigenvalue weighted by Crippen LogP contribution is 2.33. The Bertz CT molecular complexity index is 925. The lowest BCUT2D eigenvalue weighted by atomic mass is 9.93. The fourth-order valence-electron chi connectivity index (χ4n) is 4.13. The Morgan fingerprint density at radius 1 is 1.07 bits per heavy atom. The lowest BCUT2D eigenvalue weighted by molar-refractivity contribution is 0.271. The summed E-state index contributed by atoms with van der Waals surface area (Å²) in [7, 11) is 2.21. The molecule has 1 fully saturated rings. The van der Waals surface area contributed by atoms with E-state index >= 15 is 0 Å². The maximum atomic E-state index is 5.17. The second-order valence-corrected chi connectivity index (χ2v) is 8.90. The Morgan fingerprint density at radius 2 is 1.82 bits per heavy atom. The van der Waals surface area contributed by atoms with Gasteiger partial charge in [0.1, 0.15) is 5.70 Å². The van der Waals surface area contributed by atoms with Crippen LogP contribution in [0.4, 0.5) is 0 Å². The van der Waals surface area contributed by atoms with Crippen LogP contribution in [0, 0.1) is 3.57 Å². The Morgan fingerprint density at radius 3 is 2.57 bits per heavy atom. The smallest absolute Gasteiger partial charge is 0.109 e. The Balaban J connectivity index is 1.73. The van der Waals surface area contributed by atoms with Crippen LogP contribution >= 0.6 is 22.6 Å². The summed E-state index contributed by atoms with van der Waals surface area (Å²) in [4.78, 5) is 2.42. The van der Waals surface area contributed by atoms with Crippen molar-refractivity contribution in [3.63, 3.8) is 0 Å². The lowest BCUT2D eigenvalue weighted by Gasteiger charge is -2.34. The van der Waals surface area contributed by atoms with Crippen molar-refractivity contribution in [2.45, 2.75) is 31.7 Å². The standard InChI is InChI=1S/C24H26IN3/c1-3-24-22-9-5-4-8-21(22)23(17-18-10-12-19(25)13-11-18)26-28(24)20-7-6-15-27(2)16-14-20/h4-5,8-13,20H,1,6-7,14-17H2,2H3. The van der Waals surface area contributed by atoms with E-state index in [1.54, 1.807) is 0 Å². The van der Waals surface area contributed by atoms with E-state index < -0.39 is 0 Å². The molecule has 4 heteroatoms. The first kappa shape index (κ1) is 19.4. The van der Waals surface area contributed by atoms with Gasteiger partial charge < -0.3 is 4.90 Å². The van der Waals surface area contributed by atoms with Gasteiger partial charge in [-0.25, -0.2) is 0 Å². The molecule has 0 bridgehead atoms. The Labute approximate surface area is 181 Å². The van der Waals surface area contributed by atoms with E-state index in [1.807, 2.05) is 0 Å². The first-order valence-corrected chi connectivity index (χ1v) is 11.0. The van der Waals surface area contributed by atoms with E-state index in [0.29, 0.717) is 6.04 Å². The van der Waals surface area contributed by atoms with Crippen LogP contribution in [0.1, 0.15) is 36.0 Å². The maximum absolute atomic E-state index is 5.17. The van der Waals surface area contributed by atoms with Gasteiger partial charge in [0.05, 0.1) is 11.8 Å². The zero-order chi connectivity index (χ0) is 19.5. The van der Waals surface area contributed by atoms with E-state index in [9.17, 15) is 0 Å². The van der Waals surface area contributed by atoms with Crippen LogP contribution in [0.25, 0.3) is 5.70 Å². The number of benzene rings is 2. The van der Waals surface area contributed by atoms with Gasteiger partial charge in [0.15, 0.2) is 0 Å². The van der Waals surface area contributed by atoms with E-state index in [-0.39, 0.29) is 0 Å². The summed E-state index contributed by atoms with van der Waals surface area (Å²) < 4.78 is 1.26. The van der Waals surface area contributed by atoms with Gasteiger partial charge in [-0.2, -0.15) is 5.10 Å². The van der Waals surface area contributed by atoms with Gasteiger partial charge in [0.2, 0.25) is 0 Å². The minimum absolute atomic E-state index is 0.397. The fourth-order valence-corrected chi connectivity index (χ4v) is 4.49. The van der Waals surface area contributed by atoms with Crippen LogP contribution in [-0.2, 0) is 6.42 Å². The summed E-state index contributed by atoms with van der Waals surface area (Å²) in [6, 6.07) is 17.7. The minimum atomic E-state index is 0.397. The maximum Gasteiger partial charge on any atom is 0.109 e. The molecule has 1 atom stereocenters. The average molecular weight is 483 g/mol. The molecule has 0 aromatic heterocycles. The summed E-state index contributed by atoms with van der Waals surface area (Å²) in [6.45, 7) is 6.27. The third-order valence-corrected chi connectivity index (χ3v) is 6.39. The number of hydrogen-bond acceptors (Lipinski definition) is 3. The van der Waals surface area contributed by atoms with Crippen LogP contribution < -0.4 is 0 Å². The molecule has 0 amide bonds. The second-order valence-electron chi connectivity index (χ2n) is 7.65. The van der Waals surface area contributed by atoms with Gasteiger partial charge >= 0.3 is 0 Å². The van der Waals surface area contributed by atoms with Gasteiger partial charge in [0, 0.05) is 21.1 Å². The number of hydrazone groups is 1. The molecule has 2 aromatic carbocycles. The molecule has 1 saturated heterocycles. The van der Waals surface area contributed by atoms with Crippen molar-refractivity contribution in [3.05, 3.63) is 81.1 Å².